The van der Waals surface area contributed by atoms with Crippen LogP contribution < -0.4 is 5.32 Å². The zero-order valence-electron chi connectivity index (χ0n) is 17.3. The Morgan fingerprint density at radius 2 is 1.74 bits per heavy atom. The van der Waals surface area contributed by atoms with Gasteiger partial charge in [-0.1, -0.05) is 41.4 Å². The van der Waals surface area contributed by atoms with E-state index in [1.807, 2.05) is 6.07 Å². The summed E-state index contributed by atoms with van der Waals surface area (Å²) in [5.41, 5.74) is 1.71. The summed E-state index contributed by atoms with van der Waals surface area (Å²) in [5.74, 6) is -1.72. The smallest absolute Gasteiger partial charge is 0.316 e. The van der Waals surface area contributed by atoms with Crippen LogP contribution in [-0.4, -0.2) is 24.3 Å². The van der Waals surface area contributed by atoms with E-state index in [0.29, 0.717) is 28.0 Å². The predicted octanol–water partition coefficient (Wildman–Crippen LogP) is 5.61. The van der Waals surface area contributed by atoms with E-state index in [1.165, 1.54) is 6.92 Å². The van der Waals surface area contributed by atoms with Gasteiger partial charge in [0.05, 0.1) is 27.9 Å². The summed E-state index contributed by atoms with van der Waals surface area (Å²) in [6, 6.07) is 10.1. The number of aryl methyl sites for hydroxylation is 1. The maximum Gasteiger partial charge on any atom is 0.316 e. The first-order valence-corrected chi connectivity index (χ1v) is 10.4. The third kappa shape index (κ3) is 4.75. The number of anilines is 1. The molecule has 3 aromatic rings. The Balaban J connectivity index is 1.97. The van der Waals surface area contributed by atoms with Crippen LogP contribution in [0.5, 0.6) is 0 Å². The Labute approximate surface area is 189 Å². The predicted molar refractivity (Wildman–Crippen MR) is 120 cm³/mol. The first kappa shape index (κ1) is 22.8. The lowest BCUT2D eigenvalue weighted by atomic mass is 9.94. The first-order chi connectivity index (χ1) is 14.7. The molecule has 0 saturated carbocycles. The number of carbonyl (C=O) groups excluding carboxylic acids is 3. The number of hydrogen-bond donors (Lipinski definition) is 1. The molecule has 1 atom stereocenters. The summed E-state index contributed by atoms with van der Waals surface area (Å²) in [6.07, 6.45) is 0.140. The van der Waals surface area contributed by atoms with E-state index < -0.39 is 17.8 Å². The minimum absolute atomic E-state index is 0.140. The van der Waals surface area contributed by atoms with Crippen LogP contribution in [0.2, 0.25) is 10.0 Å². The SMILES string of the molecule is CCOC(=O)C(Cc1c(C)oc2c(NC(=O)c3c(Cl)cccc3Cl)cccc12)C(C)=O. The van der Waals surface area contributed by atoms with Gasteiger partial charge in [-0.3, -0.25) is 14.4 Å². The highest BCUT2D eigenvalue weighted by molar-refractivity contribution is 6.40. The molecule has 3 rings (SSSR count). The average molecular weight is 462 g/mol. The summed E-state index contributed by atoms with van der Waals surface area (Å²) >= 11 is 12.3. The minimum atomic E-state index is -0.931. The Morgan fingerprint density at radius 1 is 1.10 bits per heavy atom. The van der Waals surface area contributed by atoms with E-state index in [9.17, 15) is 14.4 Å². The third-order valence-electron chi connectivity index (χ3n) is 4.93. The van der Waals surface area contributed by atoms with E-state index in [2.05, 4.69) is 5.32 Å². The van der Waals surface area contributed by atoms with Gasteiger partial charge in [-0.25, -0.2) is 0 Å². The number of para-hydroxylation sites is 1. The van der Waals surface area contributed by atoms with E-state index in [1.54, 1.807) is 44.2 Å². The second-order valence-electron chi connectivity index (χ2n) is 6.99. The van der Waals surface area contributed by atoms with E-state index in [0.717, 1.165) is 0 Å². The molecule has 6 nitrogen and oxygen atoms in total. The van der Waals surface area contributed by atoms with Gasteiger partial charge in [-0.05, 0) is 45.4 Å². The molecular weight excluding hydrogens is 441 g/mol. The summed E-state index contributed by atoms with van der Waals surface area (Å²) in [4.78, 5) is 37.1. The zero-order chi connectivity index (χ0) is 22.7. The Kier molecular flexibility index (Phi) is 7.03. The third-order valence-corrected chi connectivity index (χ3v) is 5.56. The summed E-state index contributed by atoms with van der Waals surface area (Å²) in [5, 5.41) is 3.93. The molecule has 1 unspecified atom stereocenters. The van der Waals surface area contributed by atoms with Gasteiger partial charge in [0.15, 0.2) is 5.58 Å². The largest absolute Gasteiger partial charge is 0.465 e. The first-order valence-electron chi connectivity index (χ1n) is 9.68. The molecule has 31 heavy (non-hydrogen) atoms. The molecule has 0 aliphatic carbocycles. The van der Waals surface area contributed by atoms with Crippen LogP contribution >= 0.6 is 23.2 Å². The second-order valence-corrected chi connectivity index (χ2v) is 7.80. The number of ketones is 1. The second kappa shape index (κ2) is 9.54. The van der Waals surface area contributed by atoms with Gasteiger partial charge in [0, 0.05) is 10.9 Å². The van der Waals surface area contributed by atoms with Crippen molar-refractivity contribution in [2.75, 3.05) is 11.9 Å². The Morgan fingerprint density at radius 3 is 2.35 bits per heavy atom. The van der Waals surface area contributed by atoms with Crippen LogP contribution in [-0.2, 0) is 20.7 Å². The lowest BCUT2D eigenvalue weighted by Gasteiger charge is -2.12. The molecule has 1 amide bonds. The van der Waals surface area contributed by atoms with Crippen LogP contribution in [0, 0.1) is 12.8 Å². The van der Waals surface area contributed by atoms with Crippen molar-refractivity contribution in [1.29, 1.82) is 0 Å². The van der Waals surface area contributed by atoms with Crippen LogP contribution in [0.25, 0.3) is 11.0 Å². The molecule has 1 heterocycles. The molecule has 0 radical (unpaired) electrons. The van der Waals surface area contributed by atoms with Gasteiger partial charge in [0.1, 0.15) is 17.5 Å². The number of fused-ring (bicyclic) bond motifs is 1. The highest BCUT2D eigenvalue weighted by Gasteiger charge is 2.28. The van der Waals surface area contributed by atoms with Crippen LogP contribution in [0.3, 0.4) is 0 Å². The van der Waals surface area contributed by atoms with Crippen LogP contribution in [0.15, 0.2) is 40.8 Å². The molecule has 0 aliphatic heterocycles. The maximum atomic E-state index is 12.8. The van der Waals surface area contributed by atoms with Gasteiger partial charge >= 0.3 is 5.97 Å². The van der Waals surface area contributed by atoms with Gasteiger partial charge in [-0.15, -0.1) is 0 Å². The van der Waals surface area contributed by atoms with Gasteiger partial charge < -0.3 is 14.5 Å². The normalized spacial score (nSPS) is 11.9. The van der Waals surface area contributed by atoms with Crippen molar-refractivity contribution >= 4 is 57.5 Å². The number of benzene rings is 2. The molecule has 0 aliphatic rings. The number of Topliss-reactive ketones (excluding diaryl/α,β-unsaturated/α-hetero) is 1. The Hall–Kier alpha value is -2.83. The number of rotatable bonds is 7. The van der Waals surface area contributed by atoms with E-state index >= 15 is 0 Å². The Bertz CT molecular complexity index is 1150. The number of nitrogens with one attached hydrogen (secondary N) is 1. The lowest BCUT2D eigenvalue weighted by Crippen LogP contribution is -2.26. The zero-order valence-corrected chi connectivity index (χ0v) is 18.8. The van der Waals surface area contributed by atoms with Crippen molar-refractivity contribution in [3.8, 4) is 0 Å². The molecule has 8 heteroatoms. The fraction of sp³-hybridized carbons (Fsp3) is 0.261. The quantitative estimate of drug-likeness (QED) is 0.364. The van der Waals surface area contributed by atoms with Crippen molar-refractivity contribution in [2.45, 2.75) is 27.2 Å². The summed E-state index contributed by atoms with van der Waals surface area (Å²) in [6.45, 7) is 4.98. The van der Waals surface area contributed by atoms with Crippen molar-refractivity contribution in [3.05, 3.63) is 63.3 Å². The molecule has 0 fully saturated rings. The fourth-order valence-corrected chi connectivity index (χ4v) is 3.95. The summed E-state index contributed by atoms with van der Waals surface area (Å²) in [7, 11) is 0. The van der Waals surface area contributed by atoms with Crippen LogP contribution in [0.4, 0.5) is 5.69 Å². The molecule has 1 N–H and O–H groups in total. The summed E-state index contributed by atoms with van der Waals surface area (Å²) < 4.78 is 10.9. The average Bonchev–Trinajstić information content (AvgIpc) is 3.02. The van der Waals surface area contributed by atoms with Gasteiger partial charge in [0.25, 0.3) is 5.91 Å². The molecule has 0 bridgehead atoms. The number of esters is 1. The number of hydrogen-bond acceptors (Lipinski definition) is 5. The van der Waals surface area contributed by atoms with Crippen LogP contribution in [0.1, 0.15) is 35.5 Å². The van der Waals surface area contributed by atoms with Crippen molar-refractivity contribution in [1.82, 2.24) is 0 Å². The monoisotopic (exact) mass is 461 g/mol. The van der Waals surface area contributed by atoms with E-state index in [4.69, 9.17) is 32.4 Å². The highest BCUT2D eigenvalue weighted by Crippen LogP contribution is 2.34. The maximum absolute atomic E-state index is 12.8. The number of amides is 1. The number of furan rings is 1. The topological polar surface area (TPSA) is 85.6 Å². The molecule has 162 valence electrons. The number of halogens is 2. The lowest BCUT2D eigenvalue weighted by molar-refractivity contribution is -0.151. The molecule has 0 saturated heterocycles. The number of carbonyl (C=O) groups is 3. The standard InChI is InChI=1S/C23H21Cl2NO5/c1-4-30-23(29)15(12(2)27)11-16-13(3)31-21-14(16)7-5-10-19(21)26-22(28)20-17(24)8-6-9-18(20)25/h5-10,15H,4,11H2,1-3H3,(H,26,28). The van der Waals surface area contributed by atoms with Crippen molar-refractivity contribution < 1.29 is 23.5 Å². The van der Waals surface area contributed by atoms with Gasteiger partial charge in [-0.2, -0.15) is 0 Å². The molecule has 2 aromatic carbocycles. The fourth-order valence-electron chi connectivity index (χ4n) is 3.38. The minimum Gasteiger partial charge on any atom is -0.465 e. The molecular formula is C23H21Cl2NO5. The van der Waals surface area contributed by atoms with E-state index in [-0.39, 0.29) is 34.4 Å². The molecule has 1 aromatic heterocycles. The molecule has 0 spiro atoms. The van der Waals surface area contributed by atoms with Crippen molar-refractivity contribution in [2.24, 2.45) is 5.92 Å². The highest BCUT2D eigenvalue weighted by atomic mass is 35.5. The number of ether oxygens (including phenoxy) is 1. The van der Waals surface area contributed by atoms with Gasteiger partial charge in [0.2, 0.25) is 0 Å². The van der Waals surface area contributed by atoms with Crippen molar-refractivity contribution in [3.63, 3.8) is 0 Å².